The van der Waals surface area contributed by atoms with Gasteiger partial charge in [0.05, 0.1) is 0 Å². The Balaban J connectivity index is 0.00000169. The van der Waals surface area contributed by atoms with E-state index in [2.05, 4.69) is 6.07 Å². The number of amides is 1. The van der Waals surface area contributed by atoms with E-state index in [0.29, 0.717) is 0 Å². The Morgan fingerprint density at radius 3 is 2.43 bits per heavy atom. The van der Waals surface area contributed by atoms with Crippen LogP contribution in [-0.4, -0.2) is 12.1 Å². The van der Waals surface area contributed by atoms with Gasteiger partial charge in [0.1, 0.15) is 0 Å². The van der Waals surface area contributed by atoms with E-state index >= 15 is 0 Å². The molecule has 0 atom stereocenters. The molecule has 0 aliphatic heterocycles. The van der Waals surface area contributed by atoms with Crippen molar-refractivity contribution >= 4 is 11.6 Å². The number of para-hydroxylation sites is 1. The predicted octanol–water partition coefficient (Wildman–Crippen LogP) is 1.99. The van der Waals surface area contributed by atoms with Crippen molar-refractivity contribution < 1.29 is 50.7 Å². The Kier molecular flexibility index (Phi) is 5.30. The van der Waals surface area contributed by atoms with Crippen LogP contribution < -0.4 is 5.32 Å². The molecule has 1 N–H and O–H groups in total. The van der Waals surface area contributed by atoms with Crippen LogP contribution in [0.15, 0.2) is 24.3 Å². The molecule has 0 saturated heterocycles. The summed E-state index contributed by atoms with van der Waals surface area (Å²) in [5.74, 6) is -1.99. The number of rotatable bonds is 1. The zero-order chi connectivity index (χ0) is 9.90. The molecule has 70 valence electrons. The summed E-state index contributed by atoms with van der Waals surface area (Å²) in [6, 6.07) is 8.26. The number of halogens is 3. The molecule has 0 fully saturated rings. The Bertz CT molecular complexity index is 299. The first-order chi connectivity index (χ1) is 6.00. The fourth-order valence-corrected chi connectivity index (χ4v) is 0.664. The van der Waals surface area contributed by atoms with Crippen LogP contribution in [0.1, 0.15) is 0 Å². The van der Waals surface area contributed by atoms with Gasteiger partial charge in [0.2, 0.25) is 0 Å². The van der Waals surface area contributed by atoms with E-state index in [1.54, 1.807) is 11.4 Å². The SMILES string of the molecule is O=C(Nc1[c-]cccc1)C(F)(F)F.[Y+3]. The summed E-state index contributed by atoms with van der Waals surface area (Å²) >= 11 is 0. The van der Waals surface area contributed by atoms with Crippen LogP contribution in [-0.2, 0) is 37.5 Å². The zero-order valence-electron chi connectivity index (χ0n) is 6.93. The van der Waals surface area contributed by atoms with Crippen LogP contribution in [0, 0.1) is 6.07 Å². The van der Waals surface area contributed by atoms with Crippen molar-refractivity contribution in [2.75, 3.05) is 5.32 Å². The van der Waals surface area contributed by atoms with Crippen LogP contribution >= 0.6 is 0 Å². The number of carbonyl (C=O) groups is 1. The third kappa shape index (κ3) is 4.20. The molecule has 1 amide bonds. The Labute approximate surface area is 104 Å². The number of anilines is 1. The van der Waals surface area contributed by atoms with Crippen LogP contribution in [0.5, 0.6) is 0 Å². The third-order valence-electron chi connectivity index (χ3n) is 1.21. The summed E-state index contributed by atoms with van der Waals surface area (Å²) in [7, 11) is 0. The summed E-state index contributed by atoms with van der Waals surface area (Å²) in [4.78, 5) is 10.4. The second-order valence-electron chi connectivity index (χ2n) is 2.23. The normalized spacial score (nSPS) is 10.2. The smallest absolute Gasteiger partial charge is 0.342 e. The van der Waals surface area contributed by atoms with E-state index in [1.807, 2.05) is 0 Å². The number of hydrogen-bond acceptors (Lipinski definition) is 1. The summed E-state index contributed by atoms with van der Waals surface area (Å²) in [5, 5.41) is 1.66. The van der Waals surface area contributed by atoms with Crippen LogP contribution in [0.4, 0.5) is 18.9 Å². The van der Waals surface area contributed by atoms with Gasteiger partial charge in [0, 0.05) is 0 Å². The molecule has 0 aliphatic carbocycles. The van der Waals surface area contributed by atoms with Crippen molar-refractivity contribution in [2.45, 2.75) is 6.18 Å². The number of nitrogens with one attached hydrogen (secondary N) is 1. The minimum atomic E-state index is -4.86. The third-order valence-corrected chi connectivity index (χ3v) is 1.21. The molecule has 0 aliphatic rings. The molecule has 0 spiro atoms. The molecular weight excluding hydrogens is 272 g/mol. The van der Waals surface area contributed by atoms with Gasteiger partial charge < -0.3 is 5.32 Å². The van der Waals surface area contributed by atoms with Gasteiger partial charge in [-0.05, 0) is 0 Å². The fourth-order valence-electron chi connectivity index (χ4n) is 0.664. The maximum Gasteiger partial charge on any atom is 3.00 e. The second kappa shape index (κ2) is 5.46. The van der Waals surface area contributed by atoms with Crippen molar-refractivity contribution in [2.24, 2.45) is 0 Å². The monoisotopic (exact) mass is 277 g/mol. The molecule has 0 radical (unpaired) electrons. The Morgan fingerprint density at radius 1 is 1.36 bits per heavy atom. The molecule has 0 unspecified atom stereocenters. The molecule has 1 aromatic rings. The van der Waals surface area contributed by atoms with Crippen LogP contribution in [0.3, 0.4) is 0 Å². The topological polar surface area (TPSA) is 29.1 Å². The maximum absolute atomic E-state index is 11.7. The largest absolute Gasteiger partial charge is 3.00 e. The van der Waals surface area contributed by atoms with Crippen molar-refractivity contribution in [1.82, 2.24) is 0 Å². The van der Waals surface area contributed by atoms with Gasteiger partial charge in [-0.3, -0.25) is 4.79 Å². The first kappa shape index (κ1) is 13.6. The minimum Gasteiger partial charge on any atom is -0.342 e. The molecule has 0 bridgehead atoms. The Hall–Kier alpha value is -0.416. The van der Waals surface area contributed by atoms with Gasteiger partial charge in [-0.2, -0.15) is 37.4 Å². The van der Waals surface area contributed by atoms with E-state index in [1.165, 1.54) is 18.2 Å². The summed E-state index contributed by atoms with van der Waals surface area (Å²) in [5.41, 5.74) is 0.00447. The van der Waals surface area contributed by atoms with Gasteiger partial charge in [-0.1, -0.05) is 5.69 Å². The quantitative estimate of drug-likeness (QED) is 0.781. The van der Waals surface area contributed by atoms with Crippen LogP contribution in [0.25, 0.3) is 0 Å². The van der Waals surface area contributed by atoms with Crippen molar-refractivity contribution in [3.8, 4) is 0 Å². The molecule has 0 saturated carbocycles. The van der Waals surface area contributed by atoms with Gasteiger partial charge in [-0.25, -0.2) is 0 Å². The first-order valence-corrected chi connectivity index (χ1v) is 3.35. The number of alkyl halides is 3. The van der Waals surface area contributed by atoms with Crippen molar-refractivity contribution in [3.05, 3.63) is 30.3 Å². The number of carbonyl (C=O) groups excluding carboxylic acids is 1. The molecule has 1 rings (SSSR count). The molecule has 0 heterocycles. The zero-order valence-corrected chi connectivity index (χ0v) is 9.77. The van der Waals surface area contributed by atoms with Gasteiger partial charge >= 0.3 is 44.8 Å². The average molecular weight is 277 g/mol. The van der Waals surface area contributed by atoms with Gasteiger partial charge in [-0.15, -0.1) is 6.07 Å². The van der Waals surface area contributed by atoms with E-state index in [-0.39, 0.29) is 38.4 Å². The van der Waals surface area contributed by atoms with Gasteiger partial charge in [0.25, 0.3) is 0 Å². The van der Waals surface area contributed by atoms with Crippen molar-refractivity contribution in [3.63, 3.8) is 0 Å². The summed E-state index contributed by atoms with van der Waals surface area (Å²) in [6.45, 7) is 0. The first-order valence-electron chi connectivity index (χ1n) is 3.35. The Morgan fingerprint density at radius 2 is 2.00 bits per heavy atom. The standard InChI is InChI=1S/C8H5F3NO.Y/c9-8(10,11)7(13)12-6-4-2-1-3-5-6;/h1-4H,(H,12,13);/q-1;+3. The number of hydrogen-bond donors (Lipinski definition) is 1. The minimum absolute atomic E-state index is 0. The van der Waals surface area contributed by atoms with E-state index in [9.17, 15) is 18.0 Å². The predicted molar refractivity (Wildman–Crippen MR) is 40.0 cm³/mol. The molecule has 2 nitrogen and oxygen atoms in total. The fraction of sp³-hybridized carbons (Fsp3) is 0.125. The second-order valence-corrected chi connectivity index (χ2v) is 2.23. The molecule has 0 aromatic heterocycles. The average Bonchev–Trinajstić information content (AvgIpc) is 2.04. The summed E-state index contributed by atoms with van der Waals surface area (Å²) < 4.78 is 35.1. The van der Waals surface area contributed by atoms with E-state index in [0.717, 1.165) is 0 Å². The molecule has 6 heteroatoms. The van der Waals surface area contributed by atoms with E-state index in [4.69, 9.17) is 0 Å². The van der Waals surface area contributed by atoms with Crippen molar-refractivity contribution in [1.29, 1.82) is 0 Å². The molecule has 14 heavy (non-hydrogen) atoms. The van der Waals surface area contributed by atoms with Gasteiger partial charge in [0.15, 0.2) is 0 Å². The number of benzene rings is 1. The maximum atomic E-state index is 11.7. The molecular formula is C8H5F3NOY+2. The molecule has 1 aromatic carbocycles. The van der Waals surface area contributed by atoms with E-state index < -0.39 is 12.1 Å². The summed E-state index contributed by atoms with van der Waals surface area (Å²) in [6.07, 6.45) is -4.86. The van der Waals surface area contributed by atoms with Crippen LogP contribution in [0.2, 0.25) is 0 Å².